The number of nitrogens with zero attached hydrogens (tertiary/aromatic N) is 5. The number of hydrogen-bond donors (Lipinski definition) is 1. The first kappa shape index (κ1) is 14.0. The highest BCUT2D eigenvalue weighted by molar-refractivity contribution is 9.10. The van der Waals surface area contributed by atoms with Crippen molar-refractivity contribution in [3.05, 3.63) is 58.6 Å². The molecule has 0 radical (unpaired) electrons. The molecule has 1 aromatic carbocycles. The predicted molar refractivity (Wildman–Crippen MR) is 82.8 cm³/mol. The average molecular weight is 347 g/mol. The lowest BCUT2D eigenvalue weighted by Crippen LogP contribution is -2.17. The molecule has 0 aliphatic rings. The number of hydrogen-bond acceptors (Lipinski definition) is 4. The van der Waals surface area contributed by atoms with Crippen LogP contribution in [0.1, 0.15) is 11.4 Å². The van der Waals surface area contributed by atoms with Gasteiger partial charge in [-0.25, -0.2) is 4.68 Å². The highest BCUT2D eigenvalue weighted by atomic mass is 79.9. The van der Waals surface area contributed by atoms with Gasteiger partial charge < -0.3 is 0 Å². The lowest BCUT2D eigenvalue weighted by Gasteiger charge is -2.13. The maximum absolute atomic E-state index is 4.22. The summed E-state index contributed by atoms with van der Waals surface area (Å²) in [7, 11) is 2.04. The largest absolute Gasteiger partial charge is 0.295 e. The minimum atomic E-state index is 0.729. The molecule has 0 aliphatic heterocycles. The van der Waals surface area contributed by atoms with Crippen molar-refractivity contribution < 1.29 is 0 Å². The molecule has 0 saturated carbocycles. The molecule has 3 rings (SSSR count). The lowest BCUT2D eigenvalue weighted by atomic mass is 10.3. The van der Waals surface area contributed by atoms with Gasteiger partial charge in [-0.15, -0.1) is 5.10 Å². The zero-order valence-corrected chi connectivity index (χ0v) is 13.2. The van der Waals surface area contributed by atoms with Gasteiger partial charge in [0, 0.05) is 29.5 Å². The van der Waals surface area contributed by atoms with E-state index in [1.165, 1.54) is 0 Å². The molecule has 0 spiro atoms. The van der Waals surface area contributed by atoms with Gasteiger partial charge in [0.25, 0.3) is 0 Å². The van der Waals surface area contributed by atoms with Crippen molar-refractivity contribution in [2.24, 2.45) is 0 Å². The van der Waals surface area contributed by atoms with Crippen molar-refractivity contribution in [1.82, 2.24) is 30.1 Å². The maximum atomic E-state index is 4.22. The van der Waals surface area contributed by atoms with E-state index >= 15 is 0 Å². The molecule has 0 unspecified atom stereocenters. The maximum Gasteiger partial charge on any atom is 0.0971 e. The second-order valence-electron chi connectivity index (χ2n) is 4.89. The SMILES string of the molecule is CN(Cc1cn(-c2cccc(Br)c2)nn1)Cc1ccn[nH]1. The van der Waals surface area contributed by atoms with E-state index in [4.69, 9.17) is 0 Å². The summed E-state index contributed by atoms with van der Waals surface area (Å²) < 4.78 is 2.80. The summed E-state index contributed by atoms with van der Waals surface area (Å²) in [5, 5.41) is 15.3. The normalized spacial score (nSPS) is 11.2. The summed E-state index contributed by atoms with van der Waals surface area (Å²) in [4.78, 5) is 2.16. The third-order valence-electron chi connectivity index (χ3n) is 3.04. The zero-order valence-electron chi connectivity index (χ0n) is 11.6. The van der Waals surface area contributed by atoms with E-state index in [1.807, 2.05) is 43.6 Å². The van der Waals surface area contributed by atoms with Crippen molar-refractivity contribution in [2.75, 3.05) is 7.05 Å². The monoisotopic (exact) mass is 346 g/mol. The van der Waals surface area contributed by atoms with Gasteiger partial charge in [-0.1, -0.05) is 27.2 Å². The van der Waals surface area contributed by atoms with Crippen molar-refractivity contribution in [1.29, 1.82) is 0 Å². The van der Waals surface area contributed by atoms with Gasteiger partial charge in [0.15, 0.2) is 0 Å². The van der Waals surface area contributed by atoms with Crippen LogP contribution < -0.4 is 0 Å². The summed E-state index contributed by atoms with van der Waals surface area (Å²) in [6.07, 6.45) is 3.71. The molecule has 2 heterocycles. The molecule has 1 N–H and O–H groups in total. The Morgan fingerprint density at radius 3 is 2.95 bits per heavy atom. The Hall–Kier alpha value is -1.99. The van der Waals surface area contributed by atoms with Gasteiger partial charge in [-0.05, 0) is 31.3 Å². The zero-order chi connectivity index (χ0) is 14.7. The first-order valence-corrected chi connectivity index (χ1v) is 7.34. The van der Waals surface area contributed by atoms with E-state index in [-0.39, 0.29) is 0 Å². The van der Waals surface area contributed by atoms with Crippen LogP contribution >= 0.6 is 15.9 Å². The van der Waals surface area contributed by atoms with Crippen LogP contribution in [0, 0.1) is 0 Å². The Balaban J connectivity index is 1.67. The molecule has 21 heavy (non-hydrogen) atoms. The average Bonchev–Trinajstić information content (AvgIpc) is 3.10. The van der Waals surface area contributed by atoms with E-state index in [2.05, 4.69) is 41.3 Å². The van der Waals surface area contributed by atoms with Crippen molar-refractivity contribution in [3.8, 4) is 5.69 Å². The topological polar surface area (TPSA) is 62.6 Å². The summed E-state index contributed by atoms with van der Waals surface area (Å²) in [6.45, 7) is 1.52. The van der Waals surface area contributed by atoms with Gasteiger partial charge in [-0.2, -0.15) is 5.10 Å². The molecule has 3 aromatic rings. The van der Waals surface area contributed by atoms with E-state index in [0.717, 1.165) is 34.6 Å². The van der Waals surface area contributed by atoms with E-state index < -0.39 is 0 Å². The number of aromatic nitrogens is 5. The molecule has 0 fully saturated rings. The van der Waals surface area contributed by atoms with Gasteiger partial charge in [0.2, 0.25) is 0 Å². The van der Waals surface area contributed by atoms with Crippen molar-refractivity contribution in [2.45, 2.75) is 13.1 Å². The second-order valence-corrected chi connectivity index (χ2v) is 5.80. The summed E-state index contributed by atoms with van der Waals surface area (Å²) >= 11 is 3.46. The van der Waals surface area contributed by atoms with Crippen LogP contribution in [-0.2, 0) is 13.1 Å². The molecule has 0 aliphatic carbocycles. The van der Waals surface area contributed by atoms with E-state index in [9.17, 15) is 0 Å². The lowest BCUT2D eigenvalue weighted by molar-refractivity contribution is 0.311. The van der Waals surface area contributed by atoms with Gasteiger partial charge in [-0.3, -0.25) is 10.00 Å². The molecule has 0 bridgehead atoms. The minimum Gasteiger partial charge on any atom is -0.295 e. The molecule has 0 amide bonds. The first-order valence-electron chi connectivity index (χ1n) is 6.55. The van der Waals surface area contributed by atoms with Gasteiger partial charge in [0.05, 0.1) is 17.6 Å². The molecular formula is C14H15BrN6. The van der Waals surface area contributed by atoms with E-state index in [1.54, 1.807) is 10.9 Å². The molecule has 0 saturated heterocycles. The third-order valence-corrected chi connectivity index (χ3v) is 3.54. The molecule has 0 atom stereocenters. The Morgan fingerprint density at radius 2 is 2.19 bits per heavy atom. The number of H-pyrrole nitrogens is 1. The molecular weight excluding hydrogens is 332 g/mol. The predicted octanol–water partition coefficient (Wildman–Crippen LogP) is 2.38. The quantitative estimate of drug-likeness (QED) is 0.770. The molecule has 108 valence electrons. The van der Waals surface area contributed by atoms with Crippen molar-refractivity contribution >= 4 is 15.9 Å². The fourth-order valence-corrected chi connectivity index (χ4v) is 2.50. The van der Waals surface area contributed by atoms with Crippen LogP contribution in [0.4, 0.5) is 0 Å². The molecule has 6 nitrogen and oxygen atoms in total. The number of rotatable bonds is 5. The molecule has 7 heteroatoms. The van der Waals surface area contributed by atoms with Crippen LogP contribution in [0.2, 0.25) is 0 Å². The molecule has 2 aromatic heterocycles. The standard InChI is InChI=1S/C14H15BrN6/c1-20(8-12-5-6-16-17-12)9-13-10-21(19-18-13)14-4-2-3-11(15)7-14/h2-7,10H,8-9H2,1H3,(H,16,17). The Kier molecular flexibility index (Phi) is 4.12. The Bertz CT molecular complexity index is 706. The number of aromatic amines is 1. The third kappa shape index (κ3) is 3.56. The summed E-state index contributed by atoms with van der Waals surface area (Å²) in [5.41, 5.74) is 2.99. The smallest absolute Gasteiger partial charge is 0.0971 e. The fourth-order valence-electron chi connectivity index (χ4n) is 2.11. The van der Waals surface area contributed by atoms with Gasteiger partial charge >= 0.3 is 0 Å². The van der Waals surface area contributed by atoms with Crippen molar-refractivity contribution in [3.63, 3.8) is 0 Å². The van der Waals surface area contributed by atoms with Crippen LogP contribution in [-0.4, -0.2) is 37.1 Å². The fraction of sp³-hybridized carbons (Fsp3) is 0.214. The number of nitrogens with one attached hydrogen (secondary N) is 1. The second kappa shape index (κ2) is 6.19. The minimum absolute atomic E-state index is 0.729. The Labute approximate surface area is 130 Å². The highest BCUT2D eigenvalue weighted by Gasteiger charge is 2.07. The van der Waals surface area contributed by atoms with Crippen LogP contribution in [0.25, 0.3) is 5.69 Å². The summed E-state index contributed by atoms with van der Waals surface area (Å²) in [5.74, 6) is 0. The van der Waals surface area contributed by atoms with Gasteiger partial charge in [0.1, 0.15) is 0 Å². The number of benzene rings is 1. The van der Waals surface area contributed by atoms with Crippen LogP contribution in [0.15, 0.2) is 47.2 Å². The first-order chi connectivity index (χ1) is 10.2. The van der Waals surface area contributed by atoms with E-state index in [0.29, 0.717) is 0 Å². The summed E-state index contributed by atoms with van der Waals surface area (Å²) in [6, 6.07) is 9.93. The van der Waals surface area contributed by atoms with Crippen LogP contribution in [0.5, 0.6) is 0 Å². The highest BCUT2D eigenvalue weighted by Crippen LogP contribution is 2.15. The Morgan fingerprint density at radius 1 is 1.29 bits per heavy atom. The van der Waals surface area contributed by atoms with Crippen LogP contribution in [0.3, 0.4) is 0 Å². The number of halogens is 1.